The molecule has 0 saturated heterocycles. The monoisotopic (exact) mass is 422 g/mol. The molecule has 1 aliphatic rings. The van der Waals surface area contributed by atoms with Gasteiger partial charge in [-0.25, -0.2) is 13.4 Å². The van der Waals surface area contributed by atoms with Gasteiger partial charge < -0.3 is 10.2 Å². The first-order valence-corrected chi connectivity index (χ1v) is 10.9. The number of hydrogen-bond donors (Lipinski definition) is 2. The van der Waals surface area contributed by atoms with Crippen LogP contribution in [0.4, 0.5) is 10.8 Å². The third kappa shape index (κ3) is 3.74. The van der Waals surface area contributed by atoms with E-state index in [2.05, 4.69) is 15.0 Å². The molecule has 1 aromatic heterocycles. The quantitative estimate of drug-likeness (QED) is 0.787. The van der Waals surface area contributed by atoms with E-state index >= 15 is 0 Å². The van der Waals surface area contributed by atoms with Crippen LogP contribution in [0.5, 0.6) is 0 Å². The van der Waals surface area contributed by atoms with Gasteiger partial charge in [-0.1, -0.05) is 25.2 Å². The Kier molecular flexibility index (Phi) is 4.96. The molecule has 0 atom stereocenters. The van der Waals surface area contributed by atoms with Gasteiger partial charge in [0, 0.05) is 31.6 Å². The lowest BCUT2D eigenvalue weighted by Gasteiger charge is -2.32. The number of carbonyl (C=O) groups excluding carboxylic acids is 2. The van der Waals surface area contributed by atoms with Crippen LogP contribution in [-0.2, 0) is 20.2 Å². The number of nitrogens with zero attached hydrogens (tertiary/aromatic N) is 2. The molecule has 2 aromatic rings. The number of aryl methyl sites for hydroxylation is 1. The highest BCUT2D eigenvalue weighted by atomic mass is 32.2. The van der Waals surface area contributed by atoms with E-state index < -0.39 is 15.4 Å². The fourth-order valence-electron chi connectivity index (χ4n) is 3.07. The summed E-state index contributed by atoms with van der Waals surface area (Å²) in [6.45, 7) is 5.46. The molecule has 0 fully saturated rings. The van der Waals surface area contributed by atoms with Crippen LogP contribution in [-0.4, -0.2) is 44.2 Å². The molecule has 1 aliphatic heterocycles. The molecule has 0 bridgehead atoms. The molecular formula is C18H22N4O4S2. The molecule has 0 radical (unpaired) electrons. The summed E-state index contributed by atoms with van der Waals surface area (Å²) in [5.74, 6) is -0.325. The third-order valence-corrected chi connectivity index (χ3v) is 7.05. The SMILES string of the molecule is Cc1nc(NS(=O)(=O)c2ccc3c(c2)C(C)(C)CC(=O)N3)sc1C(=O)N(C)C. The Hall–Kier alpha value is -2.46. The lowest BCUT2D eigenvalue weighted by atomic mass is 9.78. The zero-order valence-corrected chi connectivity index (χ0v) is 17.9. The first kappa shape index (κ1) is 20.3. The van der Waals surface area contributed by atoms with E-state index in [0.717, 1.165) is 16.9 Å². The summed E-state index contributed by atoms with van der Waals surface area (Å²) in [6.07, 6.45) is 0.276. The zero-order chi connectivity index (χ0) is 20.9. The normalized spacial score (nSPS) is 15.5. The maximum Gasteiger partial charge on any atom is 0.265 e. The molecule has 8 nitrogen and oxygen atoms in total. The molecule has 0 aliphatic carbocycles. The zero-order valence-electron chi connectivity index (χ0n) is 16.3. The van der Waals surface area contributed by atoms with E-state index in [4.69, 9.17) is 0 Å². The topological polar surface area (TPSA) is 108 Å². The molecule has 150 valence electrons. The number of benzene rings is 1. The van der Waals surface area contributed by atoms with Gasteiger partial charge in [0.05, 0.1) is 10.6 Å². The van der Waals surface area contributed by atoms with Crippen LogP contribution in [0.1, 0.15) is 41.2 Å². The van der Waals surface area contributed by atoms with Crippen LogP contribution in [0.15, 0.2) is 23.1 Å². The van der Waals surface area contributed by atoms with Gasteiger partial charge in [-0.05, 0) is 30.7 Å². The van der Waals surface area contributed by atoms with Gasteiger partial charge in [0.2, 0.25) is 5.91 Å². The minimum Gasteiger partial charge on any atom is -0.344 e. The summed E-state index contributed by atoms with van der Waals surface area (Å²) in [4.78, 5) is 30.0. The van der Waals surface area contributed by atoms with Crippen molar-refractivity contribution < 1.29 is 18.0 Å². The molecule has 2 amide bonds. The van der Waals surface area contributed by atoms with Crippen LogP contribution >= 0.6 is 11.3 Å². The molecule has 2 N–H and O–H groups in total. The first-order chi connectivity index (χ1) is 12.9. The molecule has 1 aromatic carbocycles. The lowest BCUT2D eigenvalue weighted by Crippen LogP contribution is -2.32. The van der Waals surface area contributed by atoms with Gasteiger partial charge in [0.1, 0.15) is 4.88 Å². The van der Waals surface area contributed by atoms with Crippen molar-refractivity contribution in [3.63, 3.8) is 0 Å². The molecule has 28 heavy (non-hydrogen) atoms. The van der Waals surface area contributed by atoms with E-state index in [1.54, 1.807) is 33.2 Å². The maximum absolute atomic E-state index is 12.9. The third-order valence-electron chi connectivity index (χ3n) is 4.53. The fraction of sp³-hybridized carbons (Fsp3) is 0.389. The van der Waals surface area contributed by atoms with Crippen LogP contribution in [0.3, 0.4) is 0 Å². The molecule has 0 saturated carbocycles. The van der Waals surface area contributed by atoms with Crippen molar-refractivity contribution in [3.05, 3.63) is 34.3 Å². The van der Waals surface area contributed by atoms with Gasteiger partial charge in [0.25, 0.3) is 15.9 Å². The van der Waals surface area contributed by atoms with E-state index in [1.165, 1.54) is 11.0 Å². The number of rotatable bonds is 4. The summed E-state index contributed by atoms with van der Waals surface area (Å²) in [6, 6.07) is 4.61. The van der Waals surface area contributed by atoms with Gasteiger partial charge in [-0.3, -0.25) is 14.3 Å². The number of amides is 2. The van der Waals surface area contributed by atoms with Gasteiger partial charge >= 0.3 is 0 Å². The van der Waals surface area contributed by atoms with E-state index in [1.807, 2.05) is 13.8 Å². The van der Waals surface area contributed by atoms with E-state index in [0.29, 0.717) is 16.3 Å². The number of fused-ring (bicyclic) bond motifs is 1. The molecule has 3 rings (SSSR count). The molecule has 0 unspecified atom stereocenters. The standard InChI is InChI=1S/C18H22N4O4S2/c1-10-15(16(24)22(4)5)27-17(19-10)21-28(25,26)11-6-7-13-12(8-11)18(2,3)9-14(23)20-13/h6-8H,9H2,1-5H3,(H,19,21)(H,20,23). The number of aromatic nitrogens is 1. The Bertz CT molecular complexity index is 1070. The second kappa shape index (κ2) is 6.85. The van der Waals surface area contributed by atoms with Gasteiger partial charge in [-0.2, -0.15) is 0 Å². The summed E-state index contributed by atoms with van der Waals surface area (Å²) < 4.78 is 28.2. The number of anilines is 2. The lowest BCUT2D eigenvalue weighted by molar-refractivity contribution is -0.117. The Balaban J connectivity index is 1.94. The number of hydrogen-bond acceptors (Lipinski definition) is 6. The van der Waals surface area contributed by atoms with Crippen molar-refractivity contribution in [2.75, 3.05) is 24.1 Å². The fourth-order valence-corrected chi connectivity index (χ4v) is 5.31. The summed E-state index contributed by atoms with van der Waals surface area (Å²) in [5.41, 5.74) is 1.36. The number of thiazole rings is 1. The summed E-state index contributed by atoms with van der Waals surface area (Å²) in [7, 11) is -0.652. The Morgan fingerprint density at radius 3 is 2.64 bits per heavy atom. The van der Waals surface area contributed by atoms with Crippen molar-refractivity contribution in [3.8, 4) is 0 Å². The minimum absolute atomic E-state index is 0.0730. The van der Waals surface area contributed by atoms with Gasteiger partial charge in [-0.15, -0.1) is 0 Å². The molecule has 2 heterocycles. The minimum atomic E-state index is -3.90. The molecule has 0 spiro atoms. The summed E-state index contributed by atoms with van der Waals surface area (Å²) in [5, 5.41) is 2.90. The van der Waals surface area contributed by atoms with E-state index in [-0.39, 0.29) is 28.3 Å². The molecule has 10 heteroatoms. The van der Waals surface area contributed by atoms with Crippen LogP contribution in [0.2, 0.25) is 0 Å². The first-order valence-electron chi connectivity index (χ1n) is 8.57. The second-order valence-corrected chi connectivity index (χ2v) is 10.2. The largest absolute Gasteiger partial charge is 0.344 e. The van der Waals surface area contributed by atoms with Crippen LogP contribution < -0.4 is 10.0 Å². The molecular weight excluding hydrogens is 400 g/mol. The van der Waals surface area contributed by atoms with Crippen molar-refractivity contribution in [2.24, 2.45) is 0 Å². The van der Waals surface area contributed by atoms with Crippen molar-refractivity contribution >= 4 is 44.0 Å². The van der Waals surface area contributed by atoms with E-state index in [9.17, 15) is 18.0 Å². The van der Waals surface area contributed by atoms with Crippen molar-refractivity contribution in [1.82, 2.24) is 9.88 Å². The van der Waals surface area contributed by atoms with Crippen LogP contribution in [0.25, 0.3) is 0 Å². The maximum atomic E-state index is 12.9. The average Bonchev–Trinajstić information content (AvgIpc) is 2.92. The Morgan fingerprint density at radius 1 is 1.32 bits per heavy atom. The highest BCUT2D eigenvalue weighted by Crippen LogP contribution is 2.38. The Labute approximate surface area is 168 Å². The summed E-state index contributed by atoms with van der Waals surface area (Å²) >= 11 is 0.997. The second-order valence-electron chi connectivity index (χ2n) is 7.55. The van der Waals surface area contributed by atoms with Crippen LogP contribution in [0, 0.1) is 6.92 Å². The number of carbonyl (C=O) groups is 2. The Morgan fingerprint density at radius 2 is 2.00 bits per heavy atom. The highest BCUT2D eigenvalue weighted by molar-refractivity contribution is 7.93. The smallest absolute Gasteiger partial charge is 0.265 e. The predicted molar refractivity (Wildman–Crippen MR) is 108 cm³/mol. The van der Waals surface area contributed by atoms with Crippen molar-refractivity contribution in [2.45, 2.75) is 37.5 Å². The van der Waals surface area contributed by atoms with Gasteiger partial charge in [0.15, 0.2) is 5.13 Å². The number of nitrogens with one attached hydrogen (secondary N) is 2. The highest BCUT2D eigenvalue weighted by Gasteiger charge is 2.33. The average molecular weight is 423 g/mol. The number of sulfonamides is 1. The van der Waals surface area contributed by atoms with Crippen molar-refractivity contribution in [1.29, 1.82) is 0 Å². The predicted octanol–water partition coefficient (Wildman–Crippen LogP) is 2.57.